The predicted molar refractivity (Wildman–Crippen MR) is 103 cm³/mol. The van der Waals surface area contributed by atoms with E-state index in [-0.39, 0.29) is 23.5 Å². The van der Waals surface area contributed by atoms with Gasteiger partial charge in [0.25, 0.3) is 0 Å². The van der Waals surface area contributed by atoms with Crippen LogP contribution in [0.2, 0.25) is 0 Å². The van der Waals surface area contributed by atoms with E-state index < -0.39 is 0 Å². The molecule has 1 aliphatic rings. The smallest absolute Gasteiger partial charge is 0.228 e. The number of carbonyl (C=O) groups excluding carboxylic acids is 2. The maximum atomic E-state index is 12.6. The molecule has 1 aliphatic carbocycles. The van der Waals surface area contributed by atoms with Crippen molar-refractivity contribution in [1.29, 1.82) is 0 Å². The molecule has 3 rings (SSSR count). The Labute approximate surface area is 155 Å². The Morgan fingerprint density at radius 3 is 2.60 bits per heavy atom. The van der Waals surface area contributed by atoms with E-state index in [1.165, 1.54) is 29.5 Å². The van der Waals surface area contributed by atoms with Crippen molar-refractivity contribution in [2.75, 3.05) is 11.1 Å². The molecule has 0 unspecified atom stereocenters. The number of carbonyl (C=O) groups is 2. The highest BCUT2D eigenvalue weighted by Crippen LogP contribution is 2.38. The number of aromatic nitrogens is 1. The van der Waals surface area contributed by atoms with Crippen molar-refractivity contribution in [3.05, 3.63) is 30.3 Å². The third-order valence-corrected chi connectivity index (χ3v) is 6.34. The molecule has 0 bridgehead atoms. The van der Waals surface area contributed by atoms with Gasteiger partial charge in [-0.05, 0) is 12.8 Å². The second-order valence-electron chi connectivity index (χ2n) is 6.10. The highest BCUT2D eigenvalue weighted by molar-refractivity contribution is 8.01. The number of nitrogens with zero attached hydrogens (tertiary/aromatic N) is 1. The topological polar surface area (TPSA) is 85.1 Å². The molecule has 0 aliphatic heterocycles. The number of benzene rings is 1. The van der Waals surface area contributed by atoms with Gasteiger partial charge in [0.15, 0.2) is 4.34 Å². The number of hydrogen-bond acceptors (Lipinski definition) is 5. The molecule has 2 aromatic rings. The zero-order valence-electron chi connectivity index (χ0n) is 13.9. The summed E-state index contributed by atoms with van der Waals surface area (Å²) in [5, 5.41) is 3.82. The van der Waals surface area contributed by atoms with Crippen LogP contribution >= 0.6 is 23.1 Å². The average molecular weight is 376 g/mol. The van der Waals surface area contributed by atoms with Gasteiger partial charge in [-0.1, -0.05) is 72.7 Å². The van der Waals surface area contributed by atoms with E-state index >= 15 is 0 Å². The van der Waals surface area contributed by atoms with E-state index in [0.29, 0.717) is 0 Å². The van der Waals surface area contributed by atoms with Gasteiger partial charge in [0.05, 0.1) is 5.75 Å². The van der Waals surface area contributed by atoms with Gasteiger partial charge < -0.3 is 11.1 Å². The summed E-state index contributed by atoms with van der Waals surface area (Å²) in [4.78, 5) is 28.2. The minimum Gasteiger partial charge on any atom is -0.369 e. The number of nitrogens with one attached hydrogen (secondary N) is 1. The fourth-order valence-corrected chi connectivity index (χ4v) is 4.76. The Morgan fingerprint density at radius 1 is 1.20 bits per heavy atom. The molecule has 0 radical (unpaired) electrons. The van der Waals surface area contributed by atoms with Crippen LogP contribution in [-0.4, -0.2) is 22.6 Å². The van der Waals surface area contributed by atoms with E-state index in [1.807, 2.05) is 30.3 Å². The number of rotatable bonds is 6. The van der Waals surface area contributed by atoms with Crippen LogP contribution in [0.4, 0.5) is 5.00 Å². The highest BCUT2D eigenvalue weighted by Gasteiger charge is 2.23. The minimum absolute atomic E-state index is 0.0759. The molecule has 1 saturated carbocycles. The zero-order valence-corrected chi connectivity index (χ0v) is 15.5. The Kier molecular flexibility index (Phi) is 6.09. The van der Waals surface area contributed by atoms with Crippen molar-refractivity contribution >= 4 is 39.9 Å². The molecular formula is C18H21N3O2S2. The number of hydrogen-bond donors (Lipinski definition) is 2. The first-order valence-electron chi connectivity index (χ1n) is 8.41. The van der Waals surface area contributed by atoms with Gasteiger partial charge in [0.1, 0.15) is 10.7 Å². The summed E-state index contributed by atoms with van der Waals surface area (Å²) < 4.78 is 0.733. The molecular weight excluding hydrogens is 354 g/mol. The third-order valence-electron chi connectivity index (χ3n) is 4.21. The van der Waals surface area contributed by atoms with Gasteiger partial charge in [0, 0.05) is 11.5 Å². The second kappa shape index (κ2) is 8.49. The normalized spacial score (nSPS) is 15.0. The van der Waals surface area contributed by atoms with Crippen LogP contribution in [0, 0.1) is 5.92 Å². The van der Waals surface area contributed by atoms with Crippen molar-refractivity contribution < 1.29 is 9.59 Å². The van der Waals surface area contributed by atoms with Crippen molar-refractivity contribution in [1.82, 2.24) is 4.98 Å². The standard InChI is InChI=1S/C18H21N3O2S2/c19-14(22)11-24-18-20-15(12-7-3-1-4-8-12)17(25-18)21-16(23)13-9-5-2-6-10-13/h1,3-4,7-8,13H,2,5-6,9-11H2,(H2,19,22)(H,21,23). The fraction of sp³-hybridized carbons (Fsp3) is 0.389. The average Bonchev–Trinajstić information content (AvgIpc) is 3.04. The molecule has 132 valence electrons. The zero-order chi connectivity index (χ0) is 17.6. The van der Waals surface area contributed by atoms with Crippen LogP contribution in [0.5, 0.6) is 0 Å². The van der Waals surface area contributed by atoms with Gasteiger partial charge >= 0.3 is 0 Å². The van der Waals surface area contributed by atoms with E-state index in [2.05, 4.69) is 10.3 Å². The maximum absolute atomic E-state index is 12.6. The van der Waals surface area contributed by atoms with E-state index in [1.54, 1.807) is 0 Å². The lowest BCUT2D eigenvalue weighted by Gasteiger charge is -2.20. The number of thiazole rings is 1. The monoisotopic (exact) mass is 375 g/mol. The summed E-state index contributed by atoms with van der Waals surface area (Å²) >= 11 is 2.70. The van der Waals surface area contributed by atoms with Gasteiger partial charge in [-0.15, -0.1) is 0 Å². The summed E-state index contributed by atoms with van der Waals surface area (Å²) in [5.74, 6) is -0.0416. The Morgan fingerprint density at radius 2 is 1.92 bits per heavy atom. The maximum Gasteiger partial charge on any atom is 0.228 e. The van der Waals surface area contributed by atoms with Gasteiger partial charge in [-0.2, -0.15) is 0 Å². The van der Waals surface area contributed by atoms with Crippen molar-refractivity contribution in [3.63, 3.8) is 0 Å². The van der Waals surface area contributed by atoms with Gasteiger partial charge in [-0.25, -0.2) is 4.98 Å². The van der Waals surface area contributed by atoms with Crippen LogP contribution in [0.25, 0.3) is 11.3 Å². The summed E-state index contributed by atoms with van der Waals surface area (Å²) in [6.45, 7) is 0. The lowest BCUT2D eigenvalue weighted by molar-refractivity contribution is -0.120. The van der Waals surface area contributed by atoms with E-state index in [0.717, 1.165) is 46.3 Å². The van der Waals surface area contributed by atoms with Crippen LogP contribution in [0.1, 0.15) is 32.1 Å². The molecule has 3 N–H and O–H groups in total. The minimum atomic E-state index is -0.380. The van der Waals surface area contributed by atoms with Gasteiger partial charge in [0.2, 0.25) is 11.8 Å². The number of thioether (sulfide) groups is 1. The molecule has 7 heteroatoms. The first kappa shape index (κ1) is 17.9. The summed E-state index contributed by atoms with van der Waals surface area (Å²) in [7, 11) is 0. The first-order chi connectivity index (χ1) is 12.1. The number of nitrogens with two attached hydrogens (primary N) is 1. The third kappa shape index (κ3) is 4.83. The van der Waals surface area contributed by atoms with Crippen LogP contribution in [0.3, 0.4) is 0 Å². The van der Waals surface area contributed by atoms with E-state index in [9.17, 15) is 9.59 Å². The molecule has 1 heterocycles. The lowest BCUT2D eigenvalue weighted by atomic mass is 9.89. The molecule has 25 heavy (non-hydrogen) atoms. The molecule has 1 aromatic heterocycles. The molecule has 5 nitrogen and oxygen atoms in total. The number of amides is 2. The quantitative estimate of drug-likeness (QED) is 0.750. The number of primary amides is 1. The summed E-state index contributed by atoms with van der Waals surface area (Å²) in [5.41, 5.74) is 6.92. The SMILES string of the molecule is NC(=O)CSc1nc(-c2ccccc2)c(NC(=O)C2CCCCC2)s1. The molecule has 0 saturated heterocycles. The summed E-state index contributed by atoms with van der Waals surface area (Å²) in [6, 6.07) is 9.76. The number of anilines is 1. The largest absolute Gasteiger partial charge is 0.369 e. The Bertz CT molecular complexity index is 740. The van der Waals surface area contributed by atoms with Crippen molar-refractivity contribution in [3.8, 4) is 11.3 Å². The first-order valence-corrected chi connectivity index (χ1v) is 10.2. The lowest BCUT2D eigenvalue weighted by Crippen LogP contribution is -2.24. The van der Waals surface area contributed by atoms with Crippen molar-refractivity contribution in [2.45, 2.75) is 36.4 Å². The molecule has 0 atom stereocenters. The Balaban J connectivity index is 1.82. The molecule has 0 spiro atoms. The predicted octanol–water partition coefficient (Wildman–Crippen LogP) is 3.91. The Hall–Kier alpha value is -1.86. The van der Waals surface area contributed by atoms with Crippen LogP contribution in [0.15, 0.2) is 34.7 Å². The molecule has 1 fully saturated rings. The molecule has 1 aromatic carbocycles. The second-order valence-corrected chi connectivity index (χ2v) is 8.32. The highest BCUT2D eigenvalue weighted by atomic mass is 32.2. The van der Waals surface area contributed by atoms with Crippen LogP contribution < -0.4 is 11.1 Å². The fourth-order valence-electron chi connectivity index (χ4n) is 2.95. The summed E-state index contributed by atoms with van der Waals surface area (Å²) in [6.07, 6.45) is 5.36. The van der Waals surface area contributed by atoms with Gasteiger partial charge in [-0.3, -0.25) is 9.59 Å². The van der Waals surface area contributed by atoms with Crippen LogP contribution in [-0.2, 0) is 9.59 Å². The van der Waals surface area contributed by atoms with Crippen molar-refractivity contribution in [2.24, 2.45) is 11.7 Å². The molecule has 2 amide bonds. The van der Waals surface area contributed by atoms with E-state index in [4.69, 9.17) is 5.73 Å².